The monoisotopic (exact) mass is 851 g/mol. The third-order valence-corrected chi connectivity index (χ3v) is 11.8. The highest BCUT2D eigenvalue weighted by Gasteiger charge is 2.51. The molecule has 6 unspecified atom stereocenters. The maximum Gasteiger partial charge on any atom is 0.472 e. The number of carbonyl (C=O) groups excluding carboxylic acids is 2. The number of esters is 2. The molecule has 6 N–H and O–H groups in total. The maximum atomic E-state index is 12.8. The van der Waals surface area contributed by atoms with E-state index in [9.17, 15) is 44.6 Å². The Morgan fingerprint density at radius 3 is 1.33 bits per heavy atom. The molecule has 1 aliphatic rings. The Hall–Kier alpha value is -1.41. The van der Waals surface area contributed by atoms with Crippen molar-refractivity contribution in [2.24, 2.45) is 0 Å². The van der Waals surface area contributed by atoms with Gasteiger partial charge in [0.1, 0.15) is 43.2 Å². The molecule has 0 heterocycles. The van der Waals surface area contributed by atoms with Crippen LogP contribution in [0.1, 0.15) is 200 Å². The summed E-state index contributed by atoms with van der Waals surface area (Å²) in [6, 6.07) is 0. The number of phosphoric acid groups is 1. The van der Waals surface area contributed by atoms with Crippen molar-refractivity contribution in [2.75, 3.05) is 13.2 Å². The van der Waals surface area contributed by atoms with Crippen molar-refractivity contribution in [3.05, 3.63) is 12.2 Å². The van der Waals surface area contributed by atoms with Crippen LogP contribution in [0.5, 0.6) is 0 Å². The number of hydrogen-bond donors (Lipinski definition) is 6. The van der Waals surface area contributed by atoms with Crippen LogP contribution in [0.4, 0.5) is 0 Å². The van der Waals surface area contributed by atoms with Gasteiger partial charge in [-0.05, 0) is 38.5 Å². The van der Waals surface area contributed by atoms with Gasteiger partial charge in [0.15, 0.2) is 6.10 Å². The van der Waals surface area contributed by atoms with E-state index in [1.54, 1.807) is 0 Å². The van der Waals surface area contributed by atoms with Gasteiger partial charge in [0.05, 0.1) is 6.61 Å². The average molecular weight is 851 g/mol. The number of unbranched alkanes of at least 4 members (excludes halogenated alkanes) is 24. The fourth-order valence-electron chi connectivity index (χ4n) is 7.11. The summed E-state index contributed by atoms with van der Waals surface area (Å²) in [5, 5.41) is 50.1. The zero-order valence-corrected chi connectivity index (χ0v) is 37.0. The van der Waals surface area contributed by atoms with Gasteiger partial charge in [-0.25, -0.2) is 4.57 Å². The maximum absolute atomic E-state index is 12.8. The summed E-state index contributed by atoms with van der Waals surface area (Å²) in [4.78, 5) is 35.6. The molecular formula is C44H83O13P. The van der Waals surface area contributed by atoms with Crippen LogP contribution in [0.3, 0.4) is 0 Å². The van der Waals surface area contributed by atoms with Crippen molar-refractivity contribution < 1.29 is 63.1 Å². The van der Waals surface area contributed by atoms with Crippen LogP contribution in [-0.4, -0.2) is 98.3 Å². The second-order valence-electron chi connectivity index (χ2n) is 16.3. The average Bonchev–Trinajstić information content (AvgIpc) is 3.20. The number of carbonyl (C=O) groups is 2. The first-order valence-corrected chi connectivity index (χ1v) is 24.5. The lowest BCUT2D eigenvalue weighted by atomic mass is 9.85. The molecule has 8 atom stereocenters. The van der Waals surface area contributed by atoms with E-state index in [1.807, 2.05) is 0 Å². The highest BCUT2D eigenvalue weighted by Crippen LogP contribution is 2.47. The van der Waals surface area contributed by atoms with E-state index < -0.39 is 75.7 Å². The van der Waals surface area contributed by atoms with Gasteiger partial charge in [-0.3, -0.25) is 18.6 Å². The molecule has 1 saturated carbocycles. The quantitative estimate of drug-likeness (QED) is 0.0149. The number of aliphatic hydroxyl groups is 5. The van der Waals surface area contributed by atoms with Crippen LogP contribution in [0, 0.1) is 0 Å². The summed E-state index contributed by atoms with van der Waals surface area (Å²) in [5.74, 6) is -1.09. The first-order chi connectivity index (χ1) is 27.9. The van der Waals surface area contributed by atoms with E-state index >= 15 is 0 Å². The minimum atomic E-state index is -5.11. The largest absolute Gasteiger partial charge is 0.472 e. The number of hydrogen-bond acceptors (Lipinski definition) is 12. The van der Waals surface area contributed by atoms with Crippen LogP contribution in [0.25, 0.3) is 0 Å². The molecule has 0 radical (unpaired) electrons. The second-order valence-corrected chi connectivity index (χ2v) is 17.7. The van der Waals surface area contributed by atoms with Crippen molar-refractivity contribution in [1.29, 1.82) is 0 Å². The molecule has 0 amide bonds. The molecule has 0 aliphatic heterocycles. The summed E-state index contributed by atoms with van der Waals surface area (Å²) >= 11 is 0. The van der Waals surface area contributed by atoms with Crippen LogP contribution in [-0.2, 0) is 32.7 Å². The van der Waals surface area contributed by atoms with Gasteiger partial charge < -0.3 is 39.9 Å². The predicted molar refractivity (Wildman–Crippen MR) is 226 cm³/mol. The third-order valence-electron chi connectivity index (χ3n) is 10.9. The summed E-state index contributed by atoms with van der Waals surface area (Å²) in [6.45, 7) is 3.29. The zero-order valence-electron chi connectivity index (χ0n) is 36.1. The minimum absolute atomic E-state index is 0.0985. The first-order valence-electron chi connectivity index (χ1n) is 23.0. The summed E-state index contributed by atoms with van der Waals surface area (Å²) in [7, 11) is -5.11. The van der Waals surface area contributed by atoms with E-state index in [4.69, 9.17) is 18.5 Å². The van der Waals surface area contributed by atoms with Crippen molar-refractivity contribution in [3.8, 4) is 0 Å². The lowest BCUT2D eigenvalue weighted by Gasteiger charge is -2.41. The highest BCUT2D eigenvalue weighted by molar-refractivity contribution is 7.47. The molecular weight excluding hydrogens is 767 g/mol. The molecule has 342 valence electrons. The molecule has 0 spiro atoms. The fraction of sp³-hybridized carbons (Fsp3) is 0.909. The molecule has 1 aliphatic carbocycles. The summed E-state index contributed by atoms with van der Waals surface area (Å²) < 4.78 is 33.5. The van der Waals surface area contributed by atoms with E-state index in [1.165, 1.54) is 109 Å². The Kier molecular flexibility index (Phi) is 33.2. The van der Waals surface area contributed by atoms with Gasteiger partial charge >= 0.3 is 19.8 Å². The van der Waals surface area contributed by atoms with Crippen molar-refractivity contribution in [2.45, 2.75) is 243 Å². The molecule has 0 aromatic rings. The van der Waals surface area contributed by atoms with E-state index in [-0.39, 0.29) is 12.8 Å². The number of ether oxygens (including phenoxy) is 2. The standard InChI is InChI=1S/C44H83O13P/c1-3-5-7-9-11-13-15-17-18-19-20-21-23-25-27-29-31-33-38(46)56-36(34-54-37(45)32-30-28-26-24-22-16-14-12-10-8-6-4-2)35-55-58(52,53)57-44-42(50)40(48)39(47)41(49)43(44)51/h13,15,36,39-44,47-51H,3-12,14,16-35H2,1-2H3,(H,52,53)/b15-13+/t36-,39?,40-,41?,42?,43?,44?/m1/s1. The molecule has 0 aromatic heterocycles. The Balaban J connectivity index is 2.45. The topological polar surface area (TPSA) is 210 Å². The van der Waals surface area contributed by atoms with Gasteiger partial charge in [0.25, 0.3) is 0 Å². The molecule has 0 bridgehead atoms. The molecule has 13 nitrogen and oxygen atoms in total. The van der Waals surface area contributed by atoms with Crippen molar-refractivity contribution >= 4 is 19.8 Å². The minimum Gasteiger partial charge on any atom is -0.462 e. The van der Waals surface area contributed by atoms with Crippen LogP contribution >= 0.6 is 7.82 Å². The van der Waals surface area contributed by atoms with Gasteiger partial charge in [-0.2, -0.15) is 0 Å². The fourth-order valence-corrected chi connectivity index (χ4v) is 8.08. The molecule has 14 heteroatoms. The number of allylic oxidation sites excluding steroid dienone is 2. The van der Waals surface area contributed by atoms with Crippen molar-refractivity contribution in [1.82, 2.24) is 0 Å². The number of rotatable bonds is 38. The van der Waals surface area contributed by atoms with Gasteiger partial charge in [-0.1, -0.05) is 161 Å². The lowest BCUT2D eigenvalue weighted by Crippen LogP contribution is -2.64. The second kappa shape index (κ2) is 35.2. The Morgan fingerprint density at radius 2 is 0.879 bits per heavy atom. The van der Waals surface area contributed by atoms with Gasteiger partial charge in [-0.15, -0.1) is 0 Å². The first kappa shape index (κ1) is 54.6. The van der Waals surface area contributed by atoms with Crippen LogP contribution < -0.4 is 0 Å². The predicted octanol–water partition coefficient (Wildman–Crippen LogP) is 8.67. The molecule has 0 aromatic carbocycles. The smallest absolute Gasteiger partial charge is 0.462 e. The van der Waals surface area contributed by atoms with Gasteiger partial charge in [0, 0.05) is 12.8 Å². The number of phosphoric ester groups is 1. The Bertz CT molecular complexity index is 1080. The van der Waals surface area contributed by atoms with Crippen molar-refractivity contribution in [3.63, 3.8) is 0 Å². The molecule has 0 saturated heterocycles. The Morgan fingerprint density at radius 1 is 0.517 bits per heavy atom. The highest BCUT2D eigenvalue weighted by atomic mass is 31.2. The van der Waals surface area contributed by atoms with Gasteiger partial charge in [0.2, 0.25) is 0 Å². The molecule has 1 rings (SSSR count). The molecule has 58 heavy (non-hydrogen) atoms. The van der Waals surface area contributed by atoms with Crippen LogP contribution in [0.2, 0.25) is 0 Å². The lowest BCUT2D eigenvalue weighted by molar-refractivity contribution is -0.220. The molecule has 1 fully saturated rings. The van der Waals surface area contributed by atoms with E-state index in [2.05, 4.69) is 26.0 Å². The Labute approximate surface area is 350 Å². The van der Waals surface area contributed by atoms with E-state index in [0.29, 0.717) is 12.8 Å². The number of aliphatic hydroxyl groups excluding tert-OH is 5. The van der Waals surface area contributed by atoms with Crippen LogP contribution in [0.15, 0.2) is 12.2 Å². The SMILES string of the molecule is CCCCCC/C=C/CCCCCCCCCCCC(=O)O[C@H](COC(=O)CCCCCCCCCCCCCC)COP(=O)(O)OC1C(O)C(O)C(O)[C@@H](O)C1O. The zero-order chi connectivity index (χ0) is 42.9. The van der Waals surface area contributed by atoms with E-state index in [0.717, 1.165) is 51.4 Å². The third kappa shape index (κ3) is 27.4. The normalized spacial score (nSPS) is 22.6. The summed E-state index contributed by atoms with van der Waals surface area (Å²) in [5.41, 5.74) is 0. The summed E-state index contributed by atoms with van der Waals surface area (Å²) in [6.07, 6.45) is 22.7.